The molecular weight excluding hydrogens is 304 g/mol. The van der Waals surface area contributed by atoms with E-state index in [9.17, 15) is 9.59 Å². The molecule has 1 unspecified atom stereocenters. The van der Waals surface area contributed by atoms with Crippen molar-refractivity contribution in [3.8, 4) is 0 Å². The Balaban J connectivity index is 2.43. The number of hydrogen-bond donors (Lipinski definition) is 2. The third-order valence-electron chi connectivity index (χ3n) is 2.98. The van der Waals surface area contributed by atoms with Gasteiger partial charge in [-0.05, 0) is 30.9 Å². The number of nitrogens with two attached hydrogens (primary N) is 1. The van der Waals surface area contributed by atoms with Crippen LogP contribution < -0.4 is 11.1 Å². The van der Waals surface area contributed by atoms with Gasteiger partial charge < -0.3 is 11.1 Å². The van der Waals surface area contributed by atoms with Gasteiger partial charge in [0.15, 0.2) is 0 Å². The molecule has 0 radical (unpaired) electrons. The second-order valence-electron chi connectivity index (χ2n) is 4.68. The Morgan fingerprint density at radius 1 is 1.29 bits per heavy atom. The Morgan fingerprint density at radius 2 is 1.95 bits per heavy atom. The maximum atomic E-state index is 12.1. The topological polar surface area (TPSA) is 72.2 Å². The Labute approximate surface area is 134 Å². The maximum Gasteiger partial charge on any atom is 0.240 e. The first-order valence-electron chi connectivity index (χ1n) is 6.78. The van der Waals surface area contributed by atoms with Gasteiger partial charge in [-0.15, -0.1) is 11.8 Å². The molecule has 0 saturated heterocycles. The van der Waals surface area contributed by atoms with E-state index in [0.29, 0.717) is 6.42 Å². The molecule has 1 rings (SSSR count). The monoisotopic (exact) mass is 326 g/mol. The molecule has 2 atom stereocenters. The van der Waals surface area contributed by atoms with Crippen molar-refractivity contribution in [2.75, 3.05) is 12.0 Å². The number of carbonyl (C=O) groups excluding carboxylic acids is 2. The van der Waals surface area contributed by atoms with E-state index < -0.39 is 11.9 Å². The zero-order valence-corrected chi connectivity index (χ0v) is 14.0. The van der Waals surface area contributed by atoms with E-state index in [1.54, 1.807) is 23.5 Å². The highest BCUT2D eigenvalue weighted by molar-refractivity contribution is 7.99. The molecule has 0 aliphatic carbocycles. The van der Waals surface area contributed by atoms with E-state index >= 15 is 0 Å². The Hall–Kier alpha value is -1.14. The number of benzene rings is 1. The quantitative estimate of drug-likeness (QED) is 0.728. The van der Waals surface area contributed by atoms with Crippen LogP contribution in [-0.4, -0.2) is 35.1 Å². The van der Waals surface area contributed by atoms with Crippen molar-refractivity contribution >= 4 is 35.3 Å². The van der Waals surface area contributed by atoms with Crippen LogP contribution in [0.25, 0.3) is 0 Å². The molecule has 6 heteroatoms. The SMILES string of the molecule is CSCC[C@H](NC(=O)C(C)SCc1ccccc1)C(N)=O. The van der Waals surface area contributed by atoms with E-state index in [-0.39, 0.29) is 11.2 Å². The predicted octanol–water partition coefficient (Wildman–Crippen LogP) is 2.03. The molecule has 2 amide bonds. The van der Waals surface area contributed by atoms with Crippen molar-refractivity contribution in [2.45, 2.75) is 30.4 Å². The van der Waals surface area contributed by atoms with E-state index in [4.69, 9.17) is 5.73 Å². The van der Waals surface area contributed by atoms with Crippen molar-refractivity contribution in [2.24, 2.45) is 5.73 Å². The molecule has 1 aromatic carbocycles. The van der Waals surface area contributed by atoms with Gasteiger partial charge in [0.25, 0.3) is 0 Å². The van der Waals surface area contributed by atoms with Crippen molar-refractivity contribution in [3.63, 3.8) is 0 Å². The van der Waals surface area contributed by atoms with Crippen LogP contribution in [0.3, 0.4) is 0 Å². The van der Waals surface area contributed by atoms with Crippen LogP contribution in [-0.2, 0) is 15.3 Å². The van der Waals surface area contributed by atoms with Gasteiger partial charge in [0, 0.05) is 5.75 Å². The molecule has 0 saturated carbocycles. The van der Waals surface area contributed by atoms with Gasteiger partial charge in [-0.2, -0.15) is 11.8 Å². The lowest BCUT2D eigenvalue weighted by atomic mass is 10.2. The largest absolute Gasteiger partial charge is 0.368 e. The van der Waals surface area contributed by atoms with Crippen LogP contribution in [0.4, 0.5) is 0 Å². The average Bonchev–Trinajstić information content (AvgIpc) is 2.49. The first-order chi connectivity index (χ1) is 10.0. The van der Waals surface area contributed by atoms with Gasteiger partial charge in [0.1, 0.15) is 6.04 Å². The average molecular weight is 326 g/mol. The van der Waals surface area contributed by atoms with Gasteiger partial charge in [-0.25, -0.2) is 0 Å². The van der Waals surface area contributed by atoms with E-state index in [0.717, 1.165) is 11.5 Å². The van der Waals surface area contributed by atoms with Gasteiger partial charge in [-0.1, -0.05) is 30.3 Å². The predicted molar refractivity (Wildman–Crippen MR) is 91.3 cm³/mol. The highest BCUT2D eigenvalue weighted by Gasteiger charge is 2.21. The minimum Gasteiger partial charge on any atom is -0.368 e. The van der Waals surface area contributed by atoms with Crippen molar-refractivity contribution in [1.29, 1.82) is 0 Å². The van der Waals surface area contributed by atoms with Crippen molar-refractivity contribution < 1.29 is 9.59 Å². The molecule has 0 aromatic heterocycles. The molecule has 1 aromatic rings. The molecule has 116 valence electrons. The zero-order chi connectivity index (χ0) is 15.7. The molecule has 0 heterocycles. The molecule has 0 aliphatic rings. The van der Waals surface area contributed by atoms with Crippen LogP contribution in [0.1, 0.15) is 18.9 Å². The first kappa shape index (κ1) is 17.9. The lowest BCUT2D eigenvalue weighted by Crippen LogP contribution is -2.47. The number of nitrogens with one attached hydrogen (secondary N) is 1. The molecule has 4 nitrogen and oxygen atoms in total. The highest BCUT2D eigenvalue weighted by Crippen LogP contribution is 2.17. The molecule has 3 N–H and O–H groups in total. The minimum atomic E-state index is -0.579. The van der Waals surface area contributed by atoms with E-state index in [1.807, 2.05) is 43.5 Å². The van der Waals surface area contributed by atoms with Gasteiger partial charge in [0.2, 0.25) is 11.8 Å². The van der Waals surface area contributed by atoms with Crippen molar-refractivity contribution in [1.82, 2.24) is 5.32 Å². The number of amides is 2. The first-order valence-corrected chi connectivity index (χ1v) is 9.23. The van der Waals surface area contributed by atoms with Crippen LogP contribution in [0.2, 0.25) is 0 Å². The zero-order valence-electron chi connectivity index (χ0n) is 12.4. The lowest BCUT2D eigenvalue weighted by Gasteiger charge is -2.18. The number of carbonyl (C=O) groups is 2. The Bertz CT molecular complexity index is 454. The summed E-state index contributed by atoms with van der Waals surface area (Å²) in [6.07, 6.45) is 2.52. The molecule has 0 spiro atoms. The third kappa shape index (κ3) is 6.91. The van der Waals surface area contributed by atoms with E-state index in [2.05, 4.69) is 5.32 Å². The molecule has 0 fully saturated rings. The summed E-state index contributed by atoms with van der Waals surface area (Å²) in [5, 5.41) is 2.52. The second kappa shape index (κ2) is 9.73. The summed E-state index contributed by atoms with van der Waals surface area (Å²) in [5.41, 5.74) is 6.50. The number of rotatable bonds is 9. The summed E-state index contributed by atoms with van der Waals surface area (Å²) in [7, 11) is 0. The summed E-state index contributed by atoms with van der Waals surface area (Å²) in [5.74, 6) is 0.944. The lowest BCUT2D eigenvalue weighted by molar-refractivity contribution is -0.126. The van der Waals surface area contributed by atoms with Gasteiger partial charge in [0.05, 0.1) is 5.25 Å². The van der Waals surface area contributed by atoms with E-state index in [1.165, 1.54) is 5.56 Å². The second-order valence-corrected chi connectivity index (χ2v) is 7.00. The highest BCUT2D eigenvalue weighted by atomic mass is 32.2. The van der Waals surface area contributed by atoms with Crippen LogP contribution >= 0.6 is 23.5 Å². The smallest absolute Gasteiger partial charge is 0.240 e. The minimum absolute atomic E-state index is 0.138. The Kier molecular flexibility index (Phi) is 8.30. The summed E-state index contributed by atoms with van der Waals surface area (Å²) in [4.78, 5) is 23.4. The molecule has 0 bridgehead atoms. The molecule has 0 aliphatic heterocycles. The molecular formula is C15H22N2O2S2. The van der Waals surface area contributed by atoms with Gasteiger partial charge >= 0.3 is 0 Å². The fourth-order valence-electron chi connectivity index (χ4n) is 1.68. The molecule has 21 heavy (non-hydrogen) atoms. The number of thioether (sulfide) groups is 2. The normalized spacial score (nSPS) is 13.4. The fraction of sp³-hybridized carbons (Fsp3) is 0.467. The standard InChI is InChI=1S/C15H22N2O2S2/c1-11(21-10-12-6-4-3-5-7-12)15(19)17-13(14(16)18)8-9-20-2/h3-7,11,13H,8-10H2,1-2H3,(H2,16,18)(H,17,19)/t11?,13-/m0/s1. The summed E-state index contributed by atoms with van der Waals surface area (Å²) < 4.78 is 0. The maximum absolute atomic E-state index is 12.1. The summed E-state index contributed by atoms with van der Waals surface area (Å²) in [6.45, 7) is 1.84. The number of hydrogen-bond acceptors (Lipinski definition) is 4. The van der Waals surface area contributed by atoms with Crippen LogP contribution in [0.15, 0.2) is 30.3 Å². The van der Waals surface area contributed by atoms with Crippen molar-refractivity contribution in [3.05, 3.63) is 35.9 Å². The fourth-order valence-corrected chi connectivity index (χ4v) is 3.01. The van der Waals surface area contributed by atoms with Crippen LogP contribution in [0.5, 0.6) is 0 Å². The number of primary amides is 1. The third-order valence-corrected chi connectivity index (χ3v) is 4.84. The van der Waals surface area contributed by atoms with Gasteiger partial charge in [-0.3, -0.25) is 9.59 Å². The Morgan fingerprint density at radius 3 is 2.52 bits per heavy atom. The van der Waals surface area contributed by atoms with Crippen LogP contribution in [0, 0.1) is 0 Å². The summed E-state index contributed by atoms with van der Waals surface area (Å²) >= 11 is 3.17. The summed E-state index contributed by atoms with van der Waals surface area (Å²) in [6, 6.07) is 9.40.